The minimum Gasteiger partial charge on any atom is -0.345 e. The smallest absolute Gasteiger partial charge is 0.326 e. The Kier molecular flexibility index (Phi) is 6.64. The van der Waals surface area contributed by atoms with Crippen LogP contribution < -0.4 is 5.32 Å². The number of carbonyl (C=O) groups is 3. The topological polar surface area (TPSA) is 69.7 Å². The lowest BCUT2D eigenvalue weighted by Crippen LogP contribution is -2.34. The maximum atomic E-state index is 14.5. The summed E-state index contributed by atoms with van der Waals surface area (Å²) in [6.07, 6.45) is 0.448. The van der Waals surface area contributed by atoms with E-state index < -0.39 is 11.9 Å². The molecule has 4 amide bonds. The van der Waals surface area contributed by atoms with Gasteiger partial charge in [0.2, 0.25) is 11.8 Å². The third-order valence-corrected chi connectivity index (χ3v) is 5.22. The fraction of sp³-hybridized carbons (Fsp3) is 0.286. The minimum atomic E-state index is -0.641. The zero-order chi connectivity index (χ0) is 21.0. The minimum absolute atomic E-state index is 0.0595. The maximum Gasteiger partial charge on any atom is 0.326 e. The Morgan fingerprint density at radius 2 is 1.93 bits per heavy atom. The highest BCUT2D eigenvalue weighted by Crippen LogP contribution is 2.27. The summed E-state index contributed by atoms with van der Waals surface area (Å²) in [5, 5.41) is 2.87. The summed E-state index contributed by atoms with van der Waals surface area (Å²) in [7, 11) is 1.56. The molecule has 2 aromatic rings. The van der Waals surface area contributed by atoms with Crippen molar-refractivity contribution in [1.29, 1.82) is 0 Å². The summed E-state index contributed by atoms with van der Waals surface area (Å²) in [5.41, 5.74) is 1.12. The summed E-state index contributed by atoms with van der Waals surface area (Å²) < 4.78 is 15.2. The molecule has 0 radical (unpaired) electrons. The number of urea groups is 1. The van der Waals surface area contributed by atoms with Gasteiger partial charge in [0, 0.05) is 30.0 Å². The number of nitrogens with one attached hydrogen (secondary N) is 1. The molecule has 8 heteroatoms. The number of hydrogen-bond acceptors (Lipinski definition) is 3. The summed E-state index contributed by atoms with van der Waals surface area (Å²) in [5.74, 6) is -0.976. The average molecular weight is 462 g/mol. The second kappa shape index (κ2) is 9.17. The van der Waals surface area contributed by atoms with Gasteiger partial charge >= 0.3 is 6.03 Å². The van der Waals surface area contributed by atoms with Gasteiger partial charge in [-0.25, -0.2) is 9.18 Å². The Labute approximate surface area is 176 Å². The van der Waals surface area contributed by atoms with Crippen LogP contribution in [-0.2, 0) is 9.59 Å². The molecule has 1 aliphatic heterocycles. The lowest BCUT2D eigenvalue weighted by molar-refractivity contribution is -0.126. The molecule has 152 valence electrons. The largest absolute Gasteiger partial charge is 0.345 e. The first-order chi connectivity index (χ1) is 13.9. The molecule has 2 aromatic carbocycles. The van der Waals surface area contributed by atoms with Crippen LogP contribution in [0.4, 0.5) is 9.18 Å². The predicted octanol–water partition coefficient (Wildman–Crippen LogP) is 3.47. The van der Waals surface area contributed by atoms with Gasteiger partial charge in [-0.1, -0.05) is 52.3 Å². The van der Waals surface area contributed by atoms with Crippen molar-refractivity contribution in [3.63, 3.8) is 0 Å². The van der Waals surface area contributed by atoms with Crippen LogP contribution in [-0.4, -0.2) is 47.8 Å². The average Bonchev–Trinajstić information content (AvgIpc) is 2.93. The van der Waals surface area contributed by atoms with Crippen LogP contribution in [0.1, 0.15) is 30.0 Å². The van der Waals surface area contributed by atoms with E-state index in [9.17, 15) is 18.8 Å². The molecule has 1 atom stereocenters. The first-order valence-corrected chi connectivity index (χ1v) is 10.0. The van der Waals surface area contributed by atoms with E-state index in [0.29, 0.717) is 16.5 Å². The number of amides is 4. The first-order valence-electron chi connectivity index (χ1n) is 9.21. The Morgan fingerprint density at radius 1 is 1.21 bits per heavy atom. The highest BCUT2D eigenvalue weighted by Gasteiger charge is 2.33. The van der Waals surface area contributed by atoms with Crippen molar-refractivity contribution in [3.8, 4) is 0 Å². The molecule has 0 aliphatic carbocycles. The van der Waals surface area contributed by atoms with Gasteiger partial charge in [0.15, 0.2) is 0 Å². The molecule has 1 unspecified atom stereocenters. The highest BCUT2D eigenvalue weighted by molar-refractivity contribution is 9.10. The van der Waals surface area contributed by atoms with E-state index in [0.717, 1.165) is 10.5 Å². The number of hydrogen-bond donors (Lipinski definition) is 1. The van der Waals surface area contributed by atoms with Crippen molar-refractivity contribution < 1.29 is 18.8 Å². The molecule has 29 heavy (non-hydrogen) atoms. The lowest BCUT2D eigenvalue weighted by Gasteiger charge is -2.21. The quantitative estimate of drug-likeness (QED) is 0.641. The van der Waals surface area contributed by atoms with Gasteiger partial charge < -0.3 is 10.2 Å². The van der Waals surface area contributed by atoms with E-state index in [1.165, 1.54) is 11.0 Å². The zero-order valence-electron chi connectivity index (χ0n) is 15.9. The van der Waals surface area contributed by atoms with Crippen LogP contribution in [0.3, 0.4) is 0 Å². The number of imide groups is 1. The molecular weight excluding hydrogens is 441 g/mol. The van der Waals surface area contributed by atoms with Crippen molar-refractivity contribution in [2.24, 2.45) is 0 Å². The molecule has 1 aliphatic rings. The van der Waals surface area contributed by atoms with Crippen molar-refractivity contribution in [3.05, 3.63) is 69.9 Å². The number of carbonyl (C=O) groups excluding carboxylic acids is 3. The van der Waals surface area contributed by atoms with Gasteiger partial charge in [-0.2, -0.15) is 0 Å². The van der Waals surface area contributed by atoms with Crippen LogP contribution in [0.2, 0.25) is 0 Å². The second-order valence-corrected chi connectivity index (χ2v) is 7.78. The van der Waals surface area contributed by atoms with Gasteiger partial charge in [-0.05, 0) is 24.1 Å². The SMILES string of the molecule is CN1CC(=O)N(CCCC(=O)NC(c2ccccc2)c2ccc(Br)cc2F)C1=O. The first kappa shape index (κ1) is 21.0. The van der Waals surface area contributed by atoms with Crippen LogP contribution >= 0.6 is 15.9 Å². The zero-order valence-corrected chi connectivity index (χ0v) is 17.5. The molecule has 1 fully saturated rings. The number of likely N-dealkylation sites (N-methyl/N-ethyl adjacent to an activating group) is 1. The normalized spacial score (nSPS) is 15.0. The second-order valence-electron chi connectivity index (χ2n) is 6.86. The van der Waals surface area contributed by atoms with Crippen molar-refractivity contribution in [1.82, 2.24) is 15.1 Å². The molecule has 0 bridgehead atoms. The van der Waals surface area contributed by atoms with Gasteiger partial charge in [-0.15, -0.1) is 0 Å². The van der Waals surface area contributed by atoms with Crippen molar-refractivity contribution >= 4 is 33.8 Å². The van der Waals surface area contributed by atoms with Crippen LogP contribution in [0.15, 0.2) is 53.0 Å². The number of rotatable bonds is 7. The molecule has 0 spiro atoms. The predicted molar refractivity (Wildman–Crippen MR) is 110 cm³/mol. The third kappa shape index (κ3) is 5.00. The van der Waals surface area contributed by atoms with Gasteiger partial charge in [0.25, 0.3) is 0 Å². The standard InChI is InChI=1S/C21H21BrFN3O3/c1-25-13-19(28)26(21(25)29)11-5-8-18(27)24-20(14-6-3-2-4-7-14)16-10-9-15(22)12-17(16)23/h2-4,6-7,9-10,12,20H,5,8,11,13H2,1H3,(H,24,27). The molecule has 1 N–H and O–H groups in total. The van der Waals surface area contributed by atoms with Crippen LogP contribution in [0.25, 0.3) is 0 Å². The summed E-state index contributed by atoms with van der Waals surface area (Å²) in [6.45, 7) is 0.238. The highest BCUT2D eigenvalue weighted by atomic mass is 79.9. The van der Waals surface area contributed by atoms with E-state index in [-0.39, 0.29) is 37.4 Å². The molecule has 1 saturated heterocycles. The van der Waals surface area contributed by atoms with Gasteiger partial charge in [0.1, 0.15) is 12.4 Å². The van der Waals surface area contributed by atoms with Gasteiger partial charge in [0.05, 0.1) is 6.04 Å². The van der Waals surface area contributed by atoms with E-state index in [1.807, 2.05) is 30.3 Å². The molecule has 0 aromatic heterocycles. The van der Waals surface area contributed by atoms with Crippen LogP contribution in [0, 0.1) is 5.82 Å². The van der Waals surface area contributed by atoms with E-state index >= 15 is 0 Å². The van der Waals surface area contributed by atoms with Crippen molar-refractivity contribution in [2.45, 2.75) is 18.9 Å². The Balaban J connectivity index is 1.67. The molecular formula is C21H21BrFN3O3. The fourth-order valence-corrected chi connectivity index (χ4v) is 3.57. The van der Waals surface area contributed by atoms with Crippen molar-refractivity contribution in [2.75, 3.05) is 20.1 Å². The Hall–Kier alpha value is -2.74. The number of halogens is 2. The van der Waals surface area contributed by atoms with E-state index in [2.05, 4.69) is 21.2 Å². The van der Waals surface area contributed by atoms with E-state index in [1.54, 1.807) is 19.2 Å². The summed E-state index contributed by atoms with van der Waals surface area (Å²) >= 11 is 3.24. The third-order valence-electron chi connectivity index (χ3n) is 4.73. The molecule has 0 saturated carbocycles. The molecule has 3 rings (SSSR count). The molecule has 1 heterocycles. The van der Waals surface area contributed by atoms with Gasteiger partial charge in [-0.3, -0.25) is 14.5 Å². The number of nitrogens with zero attached hydrogens (tertiary/aromatic N) is 2. The maximum absolute atomic E-state index is 14.5. The molecule has 6 nitrogen and oxygen atoms in total. The Bertz CT molecular complexity index is 923. The van der Waals surface area contributed by atoms with Crippen LogP contribution in [0.5, 0.6) is 0 Å². The monoisotopic (exact) mass is 461 g/mol. The number of benzene rings is 2. The Morgan fingerprint density at radius 3 is 2.55 bits per heavy atom. The fourth-order valence-electron chi connectivity index (χ4n) is 3.24. The summed E-state index contributed by atoms with van der Waals surface area (Å²) in [4.78, 5) is 38.7. The lowest BCUT2D eigenvalue weighted by atomic mass is 9.98. The van der Waals surface area contributed by atoms with E-state index in [4.69, 9.17) is 0 Å². The summed E-state index contributed by atoms with van der Waals surface area (Å²) in [6, 6.07) is 12.9.